The number of benzene rings is 3. The van der Waals surface area contributed by atoms with Crippen LogP contribution in [0.25, 0.3) is 10.9 Å². The number of amides is 3. The quantitative estimate of drug-likeness (QED) is 0.281. The van der Waals surface area contributed by atoms with Crippen LogP contribution in [0.1, 0.15) is 45.2 Å². The van der Waals surface area contributed by atoms with Gasteiger partial charge in [0.25, 0.3) is 5.91 Å². The predicted molar refractivity (Wildman–Crippen MR) is 158 cm³/mol. The second-order valence-electron chi connectivity index (χ2n) is 10.1. The molecule has 2 aliphatic heterocycles. The summed E-state index contributed by atoms with van der Waals surface area (Å²) in [4.78, 5) is 46.2. The van der Waals surface area contributed by atoms with Crippen LogP contribution in [0.5, 0.6) is 0 Å². The summed E-state index contributed by atoms with van der Waals surface area (Å²) < 4.78 is 0. The van der Waals surface area contributed by atoms with Gasteiger partial charge in [0.05, 0.1) is 6.04 Å². The van der Waals surface area contributed by atoms with Crippen molar-refractivity contribution in [2.24, 2.45) is 0 Å². The number of para-hydroxylation sites is 1. The molecule has 9 heteroatoms. The van der Waals surface area contributed by atoms with Crippen molar-refractivity contribution in [2.75, 3.05) is 12.0 Å². The summed E-state index contributed by atoms with van der Waals surface area (Å²) in [6.45, 7) is 0.258. The molecule has 40 heavy (non-hydrogen) atoms. The average molecular weight is 573 g/mol. The highest BCUT2D eigenvalue weighted by Crippen LogP contribution is 2.46. The van der Waals surface area contributed by atoms with Crippen LogP contribution in [0.4, 0.5) is 0 Å². The fourth-order valence-corrected chi connectivity index (χ4v) is 6.53. The fourth-order valence-electron chi connectivity index (χ4n) is 5.86. The molecule has 3 N–H and O–H groups in total. The zero-order chi connectivity index (χ0) is 27.8. The Morgan fingerprint density at radius 3 is 2.65 bits per heavy atom. The molecule has 0 fully saturated rings. The van der Waals surface area contributed by atoms with Crippen LogP contribution in [0.15, 0.2) is 72.8 Å². The van der Waals surface area contributed by atoms with Gasteiger partial charge < -0.3 is 20.5 Å². The second-order valence-corrected chi connectivity index (χ2v) is 11.5. The Bertz CT molecular complexity index is 1620. The van der Waals surface area contributed by atoms with Crippen LogP contribution in [-0.4, -0.2) is 51.7 Å². The molecule has 0 saturated heterocycles. The molecule has 0 bridgehead atoms. The number of hydrogen-bond donors (Lipinski definition) is 3. The molecule has 6 rings (SSSR count). The van der Waals surface area contributed by atoms with E-state index in [0.717, 1.165) is 33.3 Å². The number of fused-ring (bicyclic) bond motifs is 7. The standard InChI is InChI=1S/C31H29ClN4O3S/c1-40-15-14-25(29(37)33-17-18-8-2-6-12-23(18)32)35-30(38)26-16-22-19-9-5-7-13-24(19)34-27(22)28-20-10-3-4-11-21(20)31(39)36(26)28/h2-13,25-26,28,34H,14-17H2,1H3,(H,33,37)(H,35,38)/t25-,26-,28?/m0/s1. The summed E-state index contributed by atoms with van der Waals surface area (Å²) in [6, 6.07) is 21.0. The third kappa shape index (κ3) is 4.65. The van der Waals surface area contributed by atoms with Gasteiger partial charge in [-0.15, -0.1) is 0 Å². The van der Waals surface area contributed by atoms with E-state index in [9.17, 15) is 14.4 Å². The lowest BCUT2D eigenvalue weighted by molar-refractivity contribution is -0.132. The van der Waals surface area contributed by atoms with Crippen molar-refractivity contribution in [3.8, 4) is 0 Å². The Hall–Kier alpha value is -3.75. The lowest BCUT2D eigenvalue weighted by Crippen LogP contribution is -2.56. The van der Waals surface area contributed by atoms with Crippen molar-refractivity contribution in [3.63, 3.8) is 0 Å². The van der Waals surface area contributed by atoms with Crippen molar-refractivity contribution in [1.29, 1.82) is 0 Å². The van der Waals surface area contributed by atoms with E-state index < -0.39 is 18.1 Å². The van der Waals surface area contributed by atoms with Gasteiger partial charge in [-0.3, -0.25) is 14.4 Å². The summed E-state index contributed by atoms with van der Waals surface area (Å²) in [5.74, 6) is -0.0909. The van der Waals surface area contributed by atoms with E-state index in [1.807, 2.05) is 73.0 Å². The number of carbonyl (C=O) groups excluding carboxylic acids is 3. The maximum Gasteiger partial charge on any atom is 0.255 e. The molecule has 2 aliphatic rings. The van der Waals surface area contributed by atoms with E-state index >= 15 is 0 Å². The van der Waals surface area contributed by atoms with E-state index in [-0.39, 0.29) is 24.3 Å². The maximum absolute atomic E-state index is 14.0. The largest absolute Gasteiger partial charge is 0.356 e. The minimum Gasteiger partial charge on any atom is -0.356 e. The summed E-state index contributed by atoms with van der Waals surface area (Å²) in [5, 5.41) is 7.55. The van der Waals surface area contributed by atoms with E-state index in [2.05, 4.69) is 15.6 Å². The Labute approximate surface area is 241 Å². The summed E-state index contributed by atoms with van der Waals surface area (Å²) in [7, 11) is 0. The minimum absolute atomic E-state index is 0.172. The van der Waals surface area contributed by atoms with Gasteiger partial charge >= 0.3 is 0 Å². The topological polar surface area (TPSA) is 94.3 Å². The van der Waals surface area contributed by atoms with Gasteiger partial charge in [0, 0.05) is 40.1 Å². The van der Waals surface area contributed by atoms with Gasteiger partial charge in [-0.1, -0.05) is 66.2 Å². The molecular formula is C31H29ClN4O3S. The van der Waals surface area contributed by atoms with Crippen molar-refractivity contribution >= 4 is 52.0 Å². The molecule has 0 spiro atoms. The third-order valence-electron chi connectivity index (χ3n) is 7.81. The van der Waals surface area contributed by atoms with Gasteiger partial charge in [-0.2, -0.15) is 11.8 Å². The van der Waals surface area contributed by atoms with Crippen molar-refractivity contribution < 1.29 is 14.4 Å². The lowest BCUT2D eigenvalue weighted by atomic mass is 9.89. The molecule has 3 amide bonds. The number of aromatic nitrogens is 1. The zero-order valence-corrected chi connectivity index (χ0v) is 23.5. The van der Waals surface area contributed by atoms with Crippen molar-refractivity contribution in [2.45, 2.75) is 37.5 Å². The van der Waals surface area contributed by atoms with E-state index in [0.29, 0.717) is 29.2 Å². The Morgan fingerprint density at radius 1 is 1.07 bits per heavy atom. The number of aromatic amines is 1. The van der Waals surface area contributed by atoms with Crippen LogP contribution in [0.2, 0.25) is 5.02 Å². The van der Waals surface area contributed by atoms with Gasteiger partial charge in [0.1, 0.15) is 12.1 Å². The number of rotatable bonds is 8. The van der Waals surface area contributed by atoms with E-state index in [4.69, 9.17) is 11.6 Å². The van der Waals surface area contributed by atoms with Crippen LogP contribution >= 0.6 is 23.4 Å². The molecule has 0 aliphatic carbocycles. The molecule has 1 unspecified atom stereocenters. The number of H-pyrrole nitrogens is 1. The highest BCUT2D eigenvalue weighted by molar-refractivity contribution is 7.98. The van der Waals surface area contributed by atoms with Crippen LogP contribution in [0, 0.1) is 0 Å². The average Bonchev–Trinajstić information content (AvgIpc) is 3.49. The molecule has 0 saturated carbocycles. The molecule has 3 heterocycles. The van der Waals surface area contributed by atoms with Gasteiger partial charge in [-0.25, -0.2) is 0 Å². The number of hydrogen-bond acceptors (Lipinski definition) is 4. The summed E-state index contributed by atoms with van der Waals surface area (Å²) >= 11 is 7.88. The first-order valence-electron chi connectivity index (χ1n) is 13.3. The number of thioether (sulfide) groups is 1. The molecule has 204 valence electrons. The molecule has 3 atom stereocenters. The number of nitrogens with one attached hydrogen (secondary N) is 3. The minimum atomic E-state index is -0.759. The molecule has 1 aromatic heterocycles. The van der Waals surface area contributed by atoms with Crippen molar-refractivity contribution in [1.82, 2.24) is 20.5 Å². The fraction of sp³-hybridized carbons (Fsp3) is 0.258. The third-order valence-corrected chi connectivity index (χ3v) is 8.82. The predicted octanol–water partition coefficient (Wildman–Crippen LogP) is 4.85. The molecule has 0 radical (unpaired) electrons. The Balaban J connectivity index is 1.30. The molecular weight excluding hydrogens is 544 g/mol. The number of carbonyl (C=O) groups is 3. The first-order chi connectivity index (χ1) is 19.5. The van der Waals surface area contributed by atoms with Gasteiger partial charge in [0.15, 0.2) is 0 Å². The maximum atomic E-state index is 14.0. The lowest BCUT2D eigenvalue weighted by Gasteiger charge is -2.37. The normalized spacial score (nSPS) is 18.1. The van der Waals surface area contributed by atoms with E-state index in [1.54, 1.807) is 22.7 Å². The van der Waals surface area contributed by atoms with Crippen LogP contribution in [0.3, 0.4) is 0 Å². The zero-order valence-electron chi connectivity index (χ0n) is 21.9. The number of nitrogens with zero attached hydrogens (tertiary/aromatic N) is 1. The van der Waals surface area contributed by atoms with E-state index in [1.165, 1.54) is 0 Å². The Morgan fingerprint density at radius 2 is 1.82 bits per heavy atom. The monoisotopic (exact) mass is 572 g/mol. The molecule has 4 aromatic rings. The molecule has 7 nitrogen and oxygen atoms in total. The first kappa shape index (κ1) is 26.5. The SMILES string of the molecule is CSCC[C@H](NC(=O)[C@@H]1Cc2c([nH]c3ccccc23)C2c3ccccc3C(=O)N21)C(=O)NCc1ccccc1Cl. The summed E-state index contributed by atoms with van der Waals surface area (Å²) in [6.07, 6.45) is 2.78. The summed E-state index contributed by atoms with van der Waals surface area (Å²) in [5.41, 5.74) is 5.24. The second kappa shape index (κ2) is 11.0. The number of halogens is 1. The van der Waals surface area contributed by atoms with Gasteiger partial charge in [-0.05, 0) is 53.3 Å². The molecule has 3 aromatic carbocycles. The van der Waals surface area contributed by atoms with Crippen molar-refractivity contribution in [3.05, 3.63) is 106 Å². The smallest absolute Gasteiger partial charge is 0.255 e. The highest BCUT2D eigenvalue weighted by atomic mass is 35.5. The first-order valence-corrected chi connectivity index (χ1v) is 15.1. The highest BCUT2D eigenvalue weighted by Gasteiger charge is 2.49. The van der Waals surface area contributed by atoms with Crippen LogP contribution < -0.4 is 10.6 Å². The Kier molecular flexibility index (Phi) is 7.29. The van der Waals surface area contributed by atoms with Crippen LogP contribution in [-0.2, 0) is 22.6 Å². The van der Waals surface area contributed by atoms with Gasteiger partial charge in [0.2, 0.25) is 11.8 Å².